The van der Waals surface area contributed by atoms with Crippen LogP contribution < -0.4 is 0 Å². The van der Waals surface area contributed by atoms with Crippen LogP contribution in [-0.4, -0.2) is 31.6 Å². The first kappa shape index (κ1) is 22.2. The number of carboxylic acid groups (broad SMARTS) is 1. The Bertz CT molecular complexity index is 1080. The molecule has 1 aromatic heterocycles. The summed E-state index contributed by atoms with van der Waals surface area (Å²) in [6.45, 7) is 4.48. The van der Waals surface area contributed by atoms with E-state index in [0.29, 0.717) is 24.9 Å². The Morgan fingerprint density at radius 1 is 1.10 bits per heavy atom. The number of carbonyl (C=O) groups is 2. The molecule has 0 amide bonds. The molecule has 0 radical (unpaired) electrons. The van der Waals surface area contributed by atoms with Crippen LogP contribution in [0.5, 0.6) is 0 Å². The molecule has 0 bridgehead atoms. The third kappa shape index (κ3) is 5.54. The van der Waals surface area contributed by atoms with Crippen molar-refractivity contribution < 1.29 is 14.7 Å². The van der Waals surface area contributed by atoms with E-state index in [-0.39, 0.29) is 17.2 Å². The monoisotopic (exact) mass is 417 g/mol. The van der Waals surface area contributed by atoms with E-state index in [1.807, 2.05) is 49.4 Å². The van der Waals surface area contributed by atoms with Gasteiger partial charge in [-0.25, -0.2) is 14.5 Å². The van der Waals surface area contributed by atoms with E-state index in [1.165, 1.54) is 0 Å². The number of unbranched alkanes of at least 4 members (excludes halogenated alkanes) is 1. The highest BCUT2D eigenvalue weighted by Crippen LogP contribution is 2.24. The van der Waals surface area contributed by atoms with Crippen LogP contribution in [0.3, 0.4) is 0 Å². The van der Waals surface area contributed by atoms with Gasteiger partial charge in [-0.3, -0.25) is 4.79 Å². The van der Waals surface area contributed by atoms with Gasteiger partial charge in [0.2, 0.25) is 11.6 Å². The molecular weight excluding hydrogens is 390 g/mol. The average molecular weight is 418 g/mol. The van der Waals surface area contributed by atoms with Crippen molar-refractivity contribution in [3.63, 3.8) is 0 Å². The number of Topliss-reactive ketones (excluding diaryl/α,β-unsaturated/α-hetero) is 1. The first-order valence-corrected chi connectivity index (χ1v) is 10.5. The quantitative estimate of drug-likeness (QED) is 0.363. The number of hydrogen-bond donors (Lipinski definition) is 1. The molecule has 0 aliphatic heterocycles. The molecule has 2 aromatic carbocycles. The van der Waals surface area contributed by atoms with E-state index in [0.717, 1.165) is 29.8 Å². The van der Waals surface area contributed by atoms with Crippen LogP contribution in [0.25, 0.3) is 11.1 Å². The fourth-order valence-corrected chi connectivity index (χ4v) is 3.33. The Morgan fingerprint density at radius 3 is 2.52 bits per heavy atom. The van der Waals surface area contributed by atoms with Crippen molar-refractivity contribution in [1.29, 1.82) is 0 Å². The van der Waals surface area contributed by atoms with Crippen molar-refractivity contribution in [2.24, 2.45) is 0 Å². The Hall–Kier alpha value is -3.54. The van der Waals surface area contributed by atoms with E-state index < -0.39 is 5.97 Å². The molecule has 0 saturated heterocycles. The van der Waals surface area contributed by atoms with Crippen molar-refractivity contribution in [2.75, 3.05) is 0 Å². The normalized spacial score (nSPS) is 11.2. The molecule has 31 heavy (non-hydrogen) atoms. The zero-order valence-electron chi connectivity index (χ0n) is 17.9. The summed E-state index contributed by atoms with van der Waals surface area (Å²) in [5.74, 6) is 0.0531. The van der Waals surface area contributed by atoms with Crippen LogP contribution >= 0.6 is 0 Å². The van der Waals surface area contributed by atoms with Gasteiger partial charge in [0.05, 0.1) is 12.1 Å². The molecule has 1 N–H and O–H groups in total. The smallest absolute Gasteiger partial charge is 0.336 e. The molecule has 6 nitrogen and oxygen atoms in total. The number of ketones is 1. The highest BCUT2D eigenvalue weighted by Gasteiger charge is 2.16. The lowest BCUT2D eigenvalue weighted by molar-refractivity contribution is 0.0697. The van der Waals surface area contributed by atoms with Crippen LogP contribution in [0.15, 0.2) is 60.7 Å². The lowest BCUT2D eigenvalue weighted by atomic mass is 9.99. The van der Waals surface area contributed by atoms with Crippen LogP contribution in [-0.2, 0) is 13.0 Å². The lowest BCUT2D eigenvalue weighted by Crippen LogP contribution is -2.07. The van der Waals surface area contributed by atoms with Crippen molar-refractivity contribution in [3.8, 4) is 11.1 Å². The summed E-state index contributed by atoms with van der Waals surface area (Å²) in [6, 6.07) is 14.7. The Labute approximate surface area is 182 Å². The topological polar surface area (TPSA) is 85.1 Å². The molecule has 1 heterocycles. The summed E-state index contributed by atoms with van der Waals surface area (Å²) in [5.41, 5.74) is 2.79. The van der Waals surface area contributed by atoms with Gasteiger partial charge >= 0.3 is 5.97 Å². The van der Waals surface area contributed by atoms with Gasteiger partial charge in [0.25, 0.3) is 0 Å². The Kier molecular flexibility index (Phi) is 7.49. The van der Waals surface area contributed by atoms with Gasteiger partial charge < -0.3 is 5.11 Å². The number of hydrogen-bond acceptors (Lipinski definition) is 4. The van der Waals surface area contributed by atoms with Crippen molar-refractivity contribution in [1.82, 2.24) is 14.8 Å². The van der Waals surface area contributed by atoms with Crippen LogP contribution in [0.2, 0.25) is 0 Å². The third-order valence-corrected chi connectivity index (χ3v) is 5.05. The lowest BCUT2D eigenvalue weighted by Gasteiger charge is -2.08. The van der Waals surface area contributed by atoms with Gasteiger partial charge in [0.1, 0.15) is 5.82 Å². The zero-order chi connectivity index (χ0) is 22.2. The summed E-state index contributed by atoms with van der Waals surface area (Å²) in [7, 11) is 0. The average Bonchev–Trinajstić information content (AvgIpc) is 3.19. The zero-order valence-corrected chi connectivity index (χ0v) is 17.9. The maximum Gasteiger partial charge on any atom is 0.336 e. The third-order valence-electron chi connectivity index (χ3n) is 5.05. The van der Waals surface area contributed by atoms with Crippen LogP contribution in [0.1, 0.15) is 65.5 Å². The number of aromatic nitrogens is 3. The minimum atomic E-state index is -0.948. The molecule has 0 aliphatic rings. The van der Waals surface area contributed by atoms with Gasteiger partial charge in [-0.05, 0) is 36.1 Å². The van der Waals surface area contributed by atoms with E-state index >= 15 is 0 Å². The van der Waals surface area contributed by atoms with E-state index in [4.69, 9.17) is 0 Å². The van der Waals surface area contributed by atoms with Gasteiger partial charge in [-0.1, -0.05) is 68.0 Å². The number of nitrogens with zero attached hydrogens (tertiary/aromatic N) is 3. The Balaban J connectivity index is 1.84. The molecule has 0 spiro atoms. The highest BCUT2D eigenvalue weighted by molar-refractivity contribution is 5.96. The Morgan fingerprint density at radius 2 is 1.84 bits per heavy atom. The van der Waals surface area contributed by atoms with Crippen LogP contribution in [0.4, 0.5) is 0 Å². The minimum Gasteiger partial charge on any atom is -0.478 e. The van der Waals surface area contributed by atoms with E-state index in [1.54, 1.807) is 22.9 Å². The maximum atomic E-state index is 12.4. The highest BCUT2D eigenvalue weighted by atomic mass is 16.4. The number of benzene rings is 2. The van der Waals surface area contributed by atoms with E-state index in [9.17, 15) is 14.7 Å². The number of carbonyl (C=O) groups excluding carboxylic acids is 1. The first-order valence-electron chi connectivity index (χ1n) is 10.5. The largest absolute Gasteiger partial charge is 0.478 e. The van der Waals surface area contributed by atoms with Gasteiger partial charge in [-0.2, -0.15) is 0 Å². The SMILES string of the molecule is C/C=C/Cc1nc(C(=O)CCCC)nn1Cc1ccc(-c2ccccc2C(=O)O)cc1. The second-order valence-electron chi connectivity index (χ2n) is 7.36. The van der Waals surface area contributed by atoms with Crippen molar-refractivity contribution >= 4 is 11.8 Å². The van der Waals surface area contributed by atoms with Crippen molar-refractivity contribution in [3.05, 3.63) is 83.5 Å². The number of carboxylic acids is 1. The summed E-state index contributed by atoms with van der Waals surface area (Å²) in [6.07, 6.45) is 6.79. The molecule has 0 unspecified atom stereocenters. The summed E-state index contributed by atoms with van der Waals surface area (Å²) in [5, 5.41) is 13.9. The standard InChI is InChI=1S/C25H27N3O3/c1-3-5-11-22(29)24-26-23(12-6-4-2)28(27-24)17-18-13-15-19(16-14-18)20-9-7-8-10-21(20)25(30)31/h4,6-10,13-16H,3,5,11-12,17H2,1-2H3,(H,30,31)/b6-4+. The predicted octanol–water partition coefficient (Wildman–Crippen LogP) is 5.18. The van der Waals surface area contributed by atoms with Crippen molar-refractivity contribution in [2.45, 2.75) is 46.1 Å². The second-order valence-corrected chi connectivity index (χ2v) is 7.36. The molecule has 160 valence electrons. The summed E-state index contributed by atoms with van der Waals surface area (Å²) in [4.78, 5) is 28.4. The number of allylic oxidation sites excluding steroid dienone is 2. The van der Waals surface area contributed by atoms with Gasteiger partial charge in [0.15, 0.2) is 0 Å². The van der Waals surface area contributed by atoms with Gasteiger partial charge in [-0.15, -0.1) is 5.10 Å². The molecule has 0 aliphatic carbocycles. The molecule has 0 atom stereocenters. The molecule has 3 aromatic rings. The molecular formula is C25H27N3O3. The number of rotatable bonds is 10. The predicted molar refractivity (Wildman–Crippen MR) is 120 cm³/mol. The molecule has 0 saturated carbocycles. The minimum absolute atomic E-state index is 0.0250. The second kappa shape index (κ2) is 10.5. The van der Waals surface area contributed by atoms with Crippen LogP contribution in [0, 0.1) is 0 Å². The summed E-state index contributed by atoms with van der Waals surface area (Å²) >= 11 is 0. The molecule has 6 heteroatoms. The fourth-order valence-electron chi connectivity index (χ4n) is 3.33. The maximum absolute atomic E-state index is 12.4. The fraction of sp³-hybridized carbons (Fsp3) is 0.280. The molecule has 0 fully saturated rings. The molecule has 3 rings (SSSR count). The number of aromatic carboxylic acids is 1. The van der Waals surface area contributed by atoms with E-state index in [2.05, 4.69) is 17.0 Å². The first-order chi connectivity index (χ1) is 15.0. The van der Waals surface area contributed by atoms with Gasteiger partial charge in [0, 0.05) is 12.8 Å². The summed E-state index contributed by atoms with van der Waals surface area (Å²) < 4.78 is 1.78.